The molecule has 9 heteroatoms. The first kappa shape index (κ1) is 23.1. The lowest BCUT2D eigenvalue weighted by Gasteiger charge is -2.29. The van der Waals surface area contributed by atoms with Crippen molar-refractivity contribution in [2.75, 3.05) is 19.5 Å². The van der Waals surface area contributed by atoms with Crippen LogP contribution in [0.25, 0.3) is 5.70 Å². The van der Waals surface area contributed by atoms with Crippen LogP contribution >= 0.6 is 0 Å². The van der Waals surface area contributed by atoms with E-state index in [0.717, 1.165) is 16.7 Å². The van der Waals surface area contributed by atoms with E-state index >= 15 is 0 Å². The van der Waals surface area contributed by atoms with Gasteiger partial charge in [0, 0.05) is 0 Å². The molecule has 182 valence electrons. The summed E-state index contributed by atoms with van der Waals surface area (Å²) < 4.78 is 31.6. The van der Waals surface area contributed by atoms with E-state index < -0.39 is 12.0 Å². The van der Waals surface area contributed by atoms with Crippen LogP contribution in [0.4, 0.5) is 10.3 Å². The fourth-order valence-electron chi connectivity index (χ4n) is 4.15. The number of hydrogen-bond donors (Lipinski definition) is 1. The molecule has 1 aliphatic rings. The first-order valence-electron chi connectivity index (χ1n) is 11.2. The number of carbonyl (C=O) groups is 1. The molecule has 0 fully saturated rings. The third-order valence-electron chi connectivity index (χ3n) is 5.88. The van der Waals surface area contributed by atoms with Gasteiger partial charge in [-0.3, -0.25) is 0 Å². The second-order valence-electron chi connectivity index (χ2n) is 8.03. The monoisotopic (exact) mass is 486 g/mol. The van der Waals surface area contributed by atoms with Gasteiger partial charge in [0.1, 0.15) is 24.8 Å². The van der Waals surface area contributed by atoms with Crippen LogP contribution in [0, 0.1) is 5.82 Å². The number of ether oxygens (including phenoxy) is 3. The Morgan fingerprint density at radius 2 is 1.81 bits per heavy atom. The summed E-state index contributed by atoms with van der Waals surface area (Å²) in [5.74, 6) is 0.662. The molecule has 0 aliphatic carbocycles. The first-order chi connectivity index (χ1) is 17.6. The second-order valence-corrected chi connectivity index (χ2v) is 8.03. The summed E-state index contributed by atoms with van der Waals surface area (Å²) in [4.78, 5) is 17.4. The van der Waals surface area contributed by atoms with Gasteiger partial charge in [-0.1, -0.05) is 48.5 Å². The Bertz CT molecular complexity index is 1420. The largest absolute Gasteiger partial charge is 0.493 e. The van der Waals surface area contributed by atoms with E-state index in [4.69, 9.17) is 14.2 Å². The zero-order valence-electron chi connectivity index (χ0n) is 19.6. The average Bonchev–Trinajstić information content (AvgIpc) is 3.40. The highest BCUT2D eigenvalue weighted by molar-refractivity contribution is 6.02. The smallest absolute Gasteiger partial charge is 0.338 e. The van der Waals surface area contributed by atoms with E-state index in [1.54, 1.807) is 36.1 Å². The summed E-state index contributed by atoms with van der Waals surface area (Å²) >= 11 is 0. The van der Waals surface area contributed by atoms with Gasteiger partial charge in [-0.25, -0.2) is 13.9 Å². The van der Waals surface area contributed by atoms with Crippen molar-refractivity contribution in [3.63, 3.8) is 0 Å². The molecule has 0 unspecified atom stereocenters. The van der Waals surface area contributed by atoms with Crippen molar-refractivity contribution in [3.05, 3.63) is 107 Å². The molecule has 1 aliphatic heterocycles. The van der Waals surface area contributed by atoms with E-state index in [1.807, 2.05) is 36.4 Å². The maximum absolute atomic E-state index is 13.2. The molecule has 8 nitrogen and oxygen atoms in total. The van der Waals surface area contributed by atoms with Gasteiger partial charge in [-0.05, 0) is 41.0 Å². The SMILES string of the molecule is COC(=O)C1=C(c2ccccc2)Nc2ncnn2[C@H]1c1ccc(OCc2ccc(F)cc2)c(OC)c1. The number of aromatic nitrogens is 3. The maximum atomic E-state index is 13.2. The first-order valence-corrected chi connectivity index (χ1v) is 11.2. The molecule has 0 radical (unpaired) electrons. The van der Waals surface area contributed by atoms with Crippen LogP contribution in [0.1, 0.15) is 22.7 Å². The van der Waals surface area contributed by atoms with E-state index in [-0.39, 0.29) is 12.4 Å². The van der Waals surface area contributed by atoms with Crippen molar-refractivity contribution >= 4 is 17.6 Å². The van der Waals surface area contributed by atoms with Crippen molar-refractivity contribution < 1.29 is 23.4 Å². The summed E-state index contributed by atoms with van der Waals surface area (Å²) in [6.07, 6.45) is 1.43. The Balaban J connectivity index is 1.56. The van der Waals surface area contributed by atoms with Crippen LogP contribution in [0.5, 0.6) is 11.5 Å². The fraction of sp³-hybridized carbons (Fsp3) is 0.148. The standard InChI is InChI=1S/C27H23FN4O4/c1-34-22-14-19(10-13-21(22)36-15-17-8-11-20(28)12-9-17)25-23(26(33)35-2)24(18-6-4-3-5-7-18)31-27-29-16-30-32(25)27/h3-14,16,25H,15H2,1-2H3,(H,29,30,31)/t25-/m0/s1. The number of fused-ring (bicyclic) bond motifs is 1. The lowest BCUT2D eigenvalue weighted by atomic mass is 9.92. The molecule has 1 atom stereocenters. The lowest BCUT2D eigenvalue weighted by molar-refractivity contribution is -0.136. The molecular weight excluding hydrogens is 463 g/mol. The topological polar surface area (TPSA) is 87.5 Å². The highest BCUT2D eigenvalue weighted by Crippen LogP contribution is 2.41. The average molecular weight is 487 g/mol. The van der Waals surface area contributed by atoms with Crippen LogP contribution in [0.15, 0.2) is 84.7 Å². The number of methoxy groups -OCH3 is 2. The van der Waals surface area contributed by atoms with Gasteiger partial charge in [-0.15, -0.1) is 0 Å². The van der Waals surface area contributed by atoms with Crippen LogP contribution in [0.3, 0.4) is 0 Å². The number of anilines is 1. The molecule has 4 aromatic rings. The summed E-state index contributed by atoms with van der Waals surface area (Å²) in [6.45, 7) is 0.238. The molecule has 1 N–H and O–H groups in total. The summed E-state index contributed by atoms with van der Waals surface area (Å²) in [6, 6.07) is 20.4. The number of benzene rings is 3. The van der Waals surface area contributed by atoms with Gasteiger partial charge in [0.05, 0.1) is 25.5 Å². The fourth-order valence-corrected chi connectivity index (χ4v) is 4.15. The minimum absolute atomic E-state index is 0.238. The normalized spacial score (nSPS) is 14.6. The molecule has 1 aromatic heterocycles. The summed E-state index contributed by atoms with van der Waals surface area (Å²) in [7, 11) is 2.89. The van der Waals surface area contributed by atoms with Gasteiger partial charge in [0.15, 0.2) is 11.5 Å². The van der Waals surface area contributed by atoms with E-state index in [0.29, 0.717) is 28.7 Å². The van der Waals surface area contributed by atoms with Gasteiger partial charge in [0.2, 0.25) is 5.95 Å². The van der Waals surface area contributed by atoms with Gasteiger partial charge < -0.3 is 19.5 Å². The predicted octanol–water partition coefficient (Wildman–Crippen LogP) is 4.60. The van der Waals surface area contributed by atoms with Crippen molar-refractivity contribution in [2.45, 2.75) is 12.6 Å². The molecule has 2 heterocycles. The Hall–Kier alpha value is -4.66. The number of rotatable bonds is 7. The zero-order valence-corrected chi connectivity index (χ0v) is 19.6. The molecule has 0 saturated heterocycles. The molecule has 3 aromatic carbocycles. The highest BCUT2D eigenvalue weighted by Gasteiger charge is 2.36. The number of halogens is 1. The molecule has 36 heavy (non-hydrogen) atoms. The zero-order chi connectivity index (χ0) is 25.1. The maximum Gasteiger partial charge on any atom is 0.338 e. The van der Waals surface area contributed by atoms with Crippen molar-refractivity contribution in [1.82, 2.24) is 14.8 Å². The van der Waals surface area contributed by atoms with E-state index in [9.17, 15) is 9.18 Å². The molecular formula is C27H23FN4O4. The van der Waals surface area contributed by atoms with Crippen LogP contribution in [-0.2, 0) is 16.1 Å². The minimum Gasteiger partial charge on any atom is -0.493 e. The Kier molecular flexibility index (Phi) is 6.36. The van der Waals surface area contributed by atoms with Crippen molar-refractivity contribution in [2.24, 2.45) is 0 Å². The van der Waals surface area contributed by atoms with E-state index in [2.05, 4.69) is 15.4 Å². The van der Waals surface area contributed by atoms with Crippen molar-refractivity contribution in [3.8, 4) is 11.5 Å². The number of nitrogens with one attached hydrogen (secondary N) is 1. The molecule has 0 saturated carbocycles. The Labute approximate surface area is 207 Å². The molecule has 5 rings (SSSR count). The van der Waals surface area contributed by atoms with Gasteiger partial charge in [-0.2, -0.15) is 10.1 Å². The molecule has 0 spiro atoms. The Morgan fingerprint density at radius 1 is 1.03 bits per heavy atom. The van der Waals surface area contributed by atoms with Gasteiger partial charge in [0.25, 0.3) is 0 Å². The third-order valence-corrected chi connectivity index (χ3v) is 5.88. The lowest BCUT2D eigenvalue weighted by Crippen LogP contribution is -2.29. The van der Waals surface area contributed by atoms with Crippen LogP contribution in [0.2, 0.25) is 0 Å². The number of nitrogens with zero attached hydrogens (tertiary/aromatic N) is 3. The van der Waals surface area contributed by atoms with Crippen LogP contribution < -0.4 is 14.8 Å². The highest BCUT2D eigenvalue weighted by atomic mass is 19.1. The molecule has 0 bridgehead atoms. The van der Waals surface area contributed by atoms with E-state index in [1.165, 1.54) is 25.6 Å². The van der Waals surface area contributed by atoms with Crippen LogP contribution in [-0.4, -0.2) is 35.0 Å². The summed E-state index contributed by atoms with van der Waals surface area (Å²) in [5.41, 5.74) is 3.32. The predicted molar refractivity (Wildman–Crippen MR) is 131 cm³/mol. The molecule has 0 amide bonds. The van der Waals surface area contributed by atoms with Gasteiger partial charge >= 0.3 is 5.97 Å². The number of esters is 1. The summed E-state index contributed by atoms with van der Waals surface area (Å²) in [5, 5.41) is 7.60. The Morgan fingerprint density at radius 3 is 2.53 bits per heavy atom. The third kappa shape index (κ3) is 4.38. The second kappa shape index (κ2) is 9.91. The van der Waals surface area contributed by atoms with Crippen molar-refractivity contribution in [1.29, 1.82) is 0 Å². The number of carbonyl (C=O) groups excluding carboxylic acids is 1. The minimum atomic E-state index is -0.633. The number of hydrogen-bond acceptors (Lipinski definition) is 7. The quantitative estimate of drug-likeness (QED) is 0.382.